The normalized spacial score (nSPS) is 24.4. The third-order valence-electron chi connectivity index (χ3n) is 3.65. The van der Waals surface area contributed by atoms with E-state index in [0.29, 0.717) is 17.8 Å². The van der Waals surface area contributed by atoms with Gasteiger partial charge in [-0.2, -0.15) is 5.26 Å². The molecule has 2 aliphatic rings. The third kappa shape index (κ3) is 3.29. The van der Waals surface area contributed by atoms with Gasteiger partial charge in [-0.05, 0) is 64.2 Å². The van der Waals surface area contributed by atoms with Crippen molar-refractivity contribution in [2.75, 3.05) is 0 Å². The quantitative estimate of drug-likeness (QED) is 0.819. The molecule has 0 amide bonds. The second-order valence-electron chi connectivity index (χ2n) is 6.36. The molecule has 2 saturated carbocycles. The summed E-state index contributed by atoms with van der Waals surface area (Å²) in [6.07, 6.45) is 5.01. The van der Waals surface area contributed by atoms with Crippen LogP contribution in [0.3, 0.4) is 0 Å². The molecule has 0 aromatic rings. The molecule has 4 heteroatoms. The minimum atomic E-state index is -1.14. The largest absolute Gasteiger partial charge is 0.242 e. The fourth-order valence-electron chi connectivity index (χ4n) is 2.37. The second-order valence-corrected chi connectivity index (χ2v) is 8.36. The monoisotopic (exact) mass is 254 g/mol. The van der Waals surface area contributed by atoms with Gasteiger partial charge in [0.25, 0.3) is 0 Å². The smallest absolute Gasteiger partial charge is 0.110 e. The average molecular weight is 254 g/mol. The first-order valence-electron chi connectivity index (χ1n) is 6.51. The molecule has 0 aromatic carbocycles. The maximum atomic E-state index is 12.1. The molecule has 0 spiro atoms. The number of nitrogens with zero attached hydrogens (tertiary/aromatic N) is 1. The van der Waals surface area contributed by atoms with Crippen molar-refractivity contribution in [1.29, 1.82) is 5.26 Å². The standard InChI is InChI=1S/C13H22N2OS/c1-13(2,3)17(16)15-11(8-14)12(9-4-5-9)10-6-7-10/h9-12,15H,4-7H2,1-3H3. The molecule has 0 saturated heterocycles. The topological polar surface area (TPSA) is 52.9 Å². The van der Waals surface area contributed by atoms with E-state index in [0.717, 1.165) is 0 Å². The highest BCUT2D eigenvalue weighted by Gasteiger charge is 2.46. The van der Waals surface area contributed by atoms with Crippen LogP contribution in [-0.4, -0.2) is 15.0 Å². The Morgan fingerprint density at radius 1 is 1.24 bits per heavy atom. The van der Waals surface area contributed by atoms with E-state index in [1.807, 2.05) is 20.8 Å². The van der Waals surface area contributed by atoms with Crippen molar-refractivity contribution in [2.45, 2.75) is 57.2 Å². The molecule has 2 aliphatic carbocycles. The Kier molecular flexibility index (Phi) is 3.61. The molecule has 2 unspecified atom stereocenters. The number of hydrogen-bond acceptors (Lipinski definition) is 2. The lowest BCUT2D eigenvalue weighted by Gasteiger charge is -2.26. The van der Waals surface area contributed by atoms with Gasteiger partial charge in [0.15, 0.2) is 0 Å². The predicted octanol–water partition coefficient (Wildman–Crippen LogP) is 2.37. The Morgan fingerprint density at radius 3 is 2.00 bits per heavy atom. The van der Waals surface area contributed by atoms with E-state index >= 15 is 0 Å². The predicted molar refractivity (Wildman–Crippen MR) is 69.4 cm³/mol. The van der Waals surface area contributed by atoms with Crippen LogP contribution in [0.4, 0.5) is 0 Å². The Hall–Kier alpha value is -0.400. The lowest BCUT2D eigenvalue weighted by Crippen LogP contribution is -2.44. The highest BCUT2D eigenvalue weighted by molar-refractivity contribution is 7.84. The molecule has 2 atom stereocenters. The van der Waals surface area contributed by atoms with Crippen LogP contribution in [0, 0.1) is 29.1 Å². The number of nitriles is 1. The zero-order chi connectivity index (χ0) is 12.6. The number of hydrogen-bond donors (Lipinski definition) is 1. The molecule has 0 radical (unpaired) electrons. The summed E-state index contributed by atoms with van der Waals surface area (Å²) in [6.45, 7) is 5.81. The molecule has 1 N–H and O–H groups in total. The van der Waals surface area contributed by atoms with Crippen LogP contribution in [-0.2, 0) is 11.0 Å². The van der Waals surface area contributed by atoms with E-state index in [-0.39, 0.29) is 10.8 Å². The minimum absolute atomic E-state index is 0.227. The van der Waals surface area contributed by atoms with Gasteiger partial charge in [-0.3, -0.25) is 0 Å². The molecular formula is C13H22N2OS. The molecular weight excluding hydrogens is 232 g/mol. The van der Waals surface area contributed by atoms with E-state index in [2.05, 4.69) is 10.8 Å². The summed E-state index contributed by atoms with van der Waals surface area (Å²) in [5, 5.41) is 9.32. The average Bonchev–Trinajstić information content (AvgIpc) is 3.09. The molecule has 17 heavy (non-hydrogen) atoms. The molecule has 0 bridgehead atoms. The highest BCUT2D eigenvalue weighted by Crippen LogP contribution is 2.50. The SMILES string of the molecule is CC(C)(C)S(=O)NC(C#N)C(C1CC1)C1CC1. The van der Waals surface area contributed by atoms with E-state index in [4.69, 9.17) is 0 Å². The van der Waals surface area contributed by atoms with Crippen molar-refractivity contribution in [3.63, 3.8) is 0 Å². The maximum Gasteiger partial charge on any atom is 0.110 e. The van der Waals surface area contributed by atoms with E-state index in [1.54, 1.807) is 0 Å². The summed E-state index contributed by atoms with van der Waals surface area (Å²) in [5.74, 6) is 1.85. The van der Waals surface area contributed by atoms with Crippen LogP contribution in [0.15, 0.2) is 0 Å². The van der Waals surface area contributed by atoms with Crippen molar-refractivity contribution >= 4 is 11.0 Å². The summed E-state index contributed by atoms with van der Waals surface area (Å²) in [7, 11) is -1.14. The van der Waals surface area contributed by atoms with Crippen LogP contribution < -0.4 is 4.72 Å². The summed E-state index contributed by atoms with van der Waals surface area (Å²) in [5.41, 5.74) is 0. The summed E-state index contributed by atoms with van der Waals surface area (Å²) >= 11 is 0. The lowest BCUT2D eigenvalue weighted by molar-refractivity contribution is 0.357. The number of nitrogens with one attached hydrogen (secondary N) is 1. The van der Waals surface area contributed by atoms with Crippen LogP contribution >= 0.6 is 0 Å². The van der Waals surface area contributed by atoms with Gasteiger partial charge < -0.3 is 0 Å². The van der Waals surface area contributed by atoms with E-state index in [9.17, 15) is 9.47 Å². The molecule has 0 aromatic heterocycles. The Labute approximate surface area is 107 Å². The lowest BCUT2D eigenvalue weighted by atomic mass is 9.91. The highest BCUT2D eigenvalue weighted by atomic mass is 32.2. The van der Waals surface area contributed by atoms with Gasteiger partial charge in [0.1, 0.15) is 6.04 Å². The Bertz CT molecular complexity index is 335. The first-order chi connectivity index (χ1) is 7.93. The van der Waals surface area contributed by atoms with Gasteiger partial charge in [-0.15, -0.1) is 0 Å². The van der Waals surface area contributed by atoms with Crippen molar-refractivity contribution < 1.29 is 4.21 Å². The first kappa shape index (κ1) is 13.0. The van der Waals surface area contributed by atoms with Crippen molar-refractivity contribution in [1.82, 2.24) is 4.72 Å². The van der Waals surface area contributed by atoms with Gasteiger partial charge in [-0.1, -0.05) is 0 Å². The van der Waals surface area contributed by atoms with Gasteiger partial charge in [-0.25, -0.2) is 8.93 Å². The zero-order valence-electron chi connectivity index (χ0n) is 10.9. The van der Waals surface area contributed by atoms with Crippen molar-refractivity contribution in [3.8, 4) is 6.07 Å². The van der Waals surface area contributed by atoms with Gasteiger partial charge >= 0.3 is 0 Å². The fraction of sp³-hybridized carbons (Fsp3) is 0.923. The van der Waals surface area contributed by atoms with Gasteiger partial charge in [0.05, 0.1) is 21.8 Å². The van der Waals surface area contributed by atoms with Crippen LogP contribution in [0.5, 0.6) is 0 Å². The Morgan fingerprint density at radius 2 is 1.71 bits per heavy atom. The van der Waals surface area contributed by atoms with Crippen LogP contribution in [0.2, 0.25) is 0 Å². The van der Waals surface area contributed by atoms with E-state index in [1.165, 1.54) is 25.7 Å². The Balaban J connectivity index is 2.00. The molecule has 2 rings (SSSR count). The summed E-state index contributed by atoms with van der Waals surface area (Å²) < 4.78 is 14.8. The summed E-state index contributed by atoms with van der Waals surface area (Å²) in [6, 6.07) is 2.12. The third-order valence-corrected chi connectivity index (χ3v) is 5.23. The maximum absolute atomic E-state index is 12.1. The molecule has 0 heterocycles. The second kappa shape index (κ2) is 4.70. The number of rotatable bonds is 5. The van der Waals surface area contributed by atoms with Crippen LogP contribution in [0.1, 0.15) is 46.5 Å². The molecule has 3 nitrogen and oxygen atoms in total. The zero-order valence-corrected chi connectivity index (χ0v) is 11.7. The van der Waals surface area contributed by atoms with Gasteiger partial charge in [0.2, 0.25) is 0 Å². The fourth-order valence-corrected chi connectivity index (χ4v) is 3.17. The van der Waals surface area contributed by atoms with Crippen molar-refractivity contribution in [2.24, 2.45) is 17.8 Å². The van der Waals surface area contributed by atoms with E-state index < -0.39 is 11.0 Å². The molecule has 0 aliphatic heterocycles. The summed E-state index contributed by atoms with van der Waals surface area (Å²) in [4.78, 5) is 0. The van der Waals surface area contributed by atoms with Crippen molar-refractivity contribution in [3.05, 3.63) is 0 Å². The molecule has 96 valence electrons. The first-order valence-corrected chi connectivity index (χ1v) is 7.66. The van der Waals surface area contributed by atoms with Gasteiger partial charge in [0, 0.05) is 0 Å². The van der Waals surface area contributed by atoms with Crippen LogP contribution in [0.25, 0.3) is 0 Å². The molecule has 2 fully saturated rings. The minimum Gasteiger partial charge on any atom is -0.242 e.